The maximum Gasteiger partial charge on any atom is 0.293 e. The van der Waals surface area contributed by atoms with Crippen molar-refractivity contribution in [2.75, 3.05) is 11.4 Å². The topological polar surface area (TPSA) is 72.4 Å². The molecule has 1 aromatic carbocycles. The number of anilines is 1. The summed E-state index contributed by atoms with van der Waals surface area (Å²) in [5.41, 5.74) is 0.893. The highest BCUT2D eigenvalue weighted by atomic mass is 16.5. The van der Waals surface area contributed by atoms with Crippen LogP contribution in [0.3, 0.4) is 0 Å². The van der Waals surface area contributed by atoms with Gasteiger partial charge in [0.15, 0.2) is 11.6 Å². The summed E-state index contributed by atoms with van der Waals surface area (Å²) in [4.78, 5) is 18.3. The van der Waals surface area contributed by atoms with Crippen molar-refractivity contribution in [1.29, 1.82) is 0 Å². The van der Waals surface area contributed by atoms with Gasteiger partial charge in [0.1, 0.15) is 0 Å². The summed E-state index contributed by atoms with van der Waals surface area (Å²) in [6.45, 7) is 0.556. The number of hydrogen-bond acceptors (Lipinski definition) is 5. The molecule has 0 bridgehead atoms. The third-order valence-electron chi connectivity index (χ3n) is 3.73. The molecule has 110 valence electrons. The molecule has 0 N–H and O–H groups in total. The quantitative estimate of drug-likeness (QED) is 0.743. The summed E-state index contributed by atoms with van der Waals surface area (Å²) in [7, 11) is 0. The standard InChI is InChI=1S/C16H13N3O3/c20-14-9-11(10-19(14)12-5-2-1-3-6-12)15-17-16(22-18-15)13-7-4-8-21-13/h1-8,11H,9-10H2/t11-/m1/s1. The van der Waals surface area contributed by atoms with Crippen LogP contribution in [0.15, 0.2) is 57.7 Å². The average molecular weight is 295 g/mol. The normalized spacial score (nSPS) is 18.1. The van der Waals surface area contributed by atoms with Gasteiger partial charge in [0.2, 0.25) is 5.91 Å². The molecule has 6 nitrogen and oxygen atoms in total. The van der Waals surface area contributed by atoms with Crippen LogP contribution < -0.4 is 4.90 Å². The lowest BCUT2D eigenvalue weighted by atomic mass is 10.1. The molecule has 4 rings (SSSR count). The van der Waals surface area contributed by atoms with E-state index in [0.717, 1.165) is 5.69 Å². The van der Waals surface area contributed by atoms with Crippen molar-refractivity contribution in [3.05, 3.63) is 54.6 Å². The Bertz CT molecular complexity index is 780. The average Bonchev–Trinajstić information content (AvgIpc) is 3.28. The van der Waals surface area contributed by atoms with E-state index in [-0.39, 0.29) is 11.8 Å². The van der Waals surface area contributed by atoms with Crippen molar-refractivity contribution in [2.24, 2.45) is 0 Å². The molecule has 0 unspecified atom stereocenters. The first kappa shape index (κ1) is 12.8. The molecule has 1 aliphatic heterocycles. The van der Waals surface area contributed by atoms with Crippen LogP contribution in [0.25, 0.3) is 11.7 Å². The van der Waals surface area contributed by atoms with E-state index in [2.05, 4.69) is 10.1 Å². The zero-order chi connectivity index (χ0) is 14.9. The molecular weight excluding hydrogens is 282 g/mol. The summed E-state index contributed by atoms with van der Waals surface area (Å²) in [6.07, 6.45) is 1.93. The van der Waals surface area contributed by atoms with Gasteiger partial charge >= 0.3 is 0 Å². The van der Waals surface area contributed by atoms with Gasteiger partial charge in [-0.1, -0.05) is 23.4 Å². The van der Waals surface area contributed by atoms with E-state index in [1.807, 2.05) is 30.3 Å². The van der Waals surface area contributed by atoms with E-state index in [4.69, 9.17) is 8.94 Å². The molecule has 1 saturated heterocycles. The van der Waals surface area contributed by atoms with Crippen LogP contribution in [0.1, 0.15) is 18.2 Å². The number of carbonyl (C=O) groups excluding carboxylic acids is 1. The van der Waals surface area contributed by atoms with Crippen LogP contribution in [0.2, 0.25) is 0 Å². The molecule has 1 aliphatic rings. The Morgan fingerprint density at radius 1 is 1.14 bits per heavy atom. The van der Waals surface area contributed by atoms with Gasteiger partial charge < -0.3 is 13.8 Å². The van der Waals surface area contributed by atoms with Crippen LogP contribution in [0.4, 0.5) is 5.69 Å². The number of furan rings is 1. The number of carbonyl (C=O) groups is 1. The molecule has 0 aliphatic carbocycles. The van der Waals surface area contributed by atoms with E-state index < -0.39 is 0 Å². The molecule has 0 saturated carbocycles. The first-order valence-electron chi connectivity index (χ1n) is 7.04. The molecule has 3 heterocycles. The van der Waals surface area contributed by atoms with Gasteiger partial charge in [0.05, 0.1) is 6.26 Å². The lowest BCUT2D eigenvalue weighted by Crippen LogP contribution is -2.24. The fourth-order valence-corrected chi connectivity index (χ4v) is 2.64. The molecule has 22 heavy (non-hydrogen) atoms. The van der Waals surface area contributed by atoms with Gasteiger partial charge in [0, 0.05) is 24.6 Å². The SMILES string of the molecule is O=C1C[C@@H](c2noc(-c3ccco3)n2)CN1c1ccccc1. The van der Waals surface area contributed by atoms with Gasteiger partial charge in [-0.3, -0.25) is 4.79 Å². The molecule has 1 fully saturated rings. The number of hydrogen-bond donors (Lipinski definition) is 0. The number of benzene rings is 1. The monoisotopic (exact) mass is 295 g/mol. The summed E-state index contributed by atoms with van der Waals surface area (Å²) in [6, 6.07) is 13.1. The van der Waals surface area contributed by atoms with Crippen LogP contribution in [0, 0.1) is 0 Å². The van der Waals surface area contributed by atoms with E-state index >= 15 is 0 Å². The zero-order valence-electron chi connectivity index (χ0n) is 11.7. The summed E-state index contributed by atoms with van der Waals surface area (Å²) in [5, 5.41) is 3.99. The minimum Gasteiger partial charge on any atom is -0.459 e. The van der Waals surface area contributed by atoms with Crippen LogP contribution >= 0.6 is 0 Å². The van der Waals surface area contributed by atoms with Crippen LogP contribution in [0.5, 0.6) is 0 Å². The Morgan fingerprint density at radius 3 is 2.77 bits per heavy atom. The predicted octanol–water partition coefficient (Wildman–Crippen LogP) is 2.85. The van der Waals surface area contributed by atoms with Gasteiger partial charge in [-0.25, -0.2) is 0 Å². The van der Waals surface area contributed by atoms with Crippen molar-refractivity contribution in [1.82, 2.24) is 10.1 Å². The third kappa shape index (κ3) is 2.18. The maximum absolute atomic E-state index is 12.2. The highest BCUT2D eigenvalue weighted by Gasteiger charge is 2.34. The molecule has 2 aromatic heterocycles. The first-order valence-corrected chi connectivity index (χ1v) is 7.04. The molecule has 0 radical (unpaired) electrons. The Morgan fingerprint density at radius 2 is 2.00 bits per heavy atom. The van der Waals surface area contributed by atoms with Gasteiger partial charge in [-0.05, 0) is 24.3 Å². The zero-order valence-corrected chi connectivity index (χ0v) is 11.7. The molecule has 0 spiro atoms. The Labute approximate surface area is 126 Å². The lowest BCUT2D eigenvalue weighted by Gasteiger charge is -2.15. The molecule has 3 aromatic rings. The van der Waals surface area contributed by atoms with E-state index in [9.17, 15) is 4.79 Å². The highest BCUT2D eigenvalue weighted by Crippen LogP contribution is 2.31. The van der Waals surface area contributed by atoms with Crippen molar-refractivity contribution >= 4 is 11.6 Å². The van der Waals surface area contributed by atoms with Gasteiger partial charge in [0.25, 0.3) is 5.89 Å². The summed E-state index contributed by atoms with van der Waals surface area (Å²) in [5.74, 6) is 1.41. The number of nitrogens with zero attached hydrogens (tertiary/aromatic N) is 3. The van der Waals surface area contributed by atoms with Crippen LogP contribution in [-0.2, 0) is 4.79 Å². The van der Waals surface area contributed by atoms with Crippen LogP contribution in [-0.4, -0.2) is 22.6 Å². The number of amides is 1. The molecule has 1 amide bonds. The highest BCUT2D eigenvalue weighted by molar-refractivity contribution is 5.96. The number of rotatable bonds is 3. The molecular formula is C16H13N3O3. The second-order valence-electron chi connectivity index (χ2n) is 5.18. The smallest absolute Gasteiger partial charge is 0.293 e. The second-order valence-corrected chi connectivity index (χ2v) is 5.18. The van der Waals surface area contributed by atoms with E-state index in [0.29, 0.717) is 30.4 Å². The fourth-order valence-electron chi connectivity index (χ4n) is 2.64. The lowest BCUT2D eigenvalue weighted by molar-refractivity contribution is -0.117. The van der Waals surface area contributed by atoms with E-state index in [1.54, 1.807) is 23.3 Å². The van der Waals surface area contributed by atoms with Crippen molar-refractivity contribution < 1.29 is 13.7 Å². The number of aromatic nitrogens is 2. The minimum atomic E-state index is -0.0693. The largest absolute Gasteiger partial charge is 0.459 e. The fraction of sp³-hybridized carbons (Fsp3) is 0.188. The Kier molecular flexibility index (Phi) is 3.00. The summed E-state index contributed by atoms with van der Waals surface area (Å²) >= 11 is 0. The minimum absolute atomic E-state index is 0.0693. The third-order valence-corrected chi connectivity index (χ3v) is 3.73. The van der Waals surface area contributed by atoms with Gasteiger partial charge in [-0.2, -0.15) is 4.98 Å². The predicted molar refractivity (Wildman–Crippen MR) is 78.2 cm³/mol. The van der Waals surface area contributed by atoms with E-state index in [1.165, 1.54) is 0 Å². The van der Waals surface area contributed by atoms with Crippen molar-refractivity contribution in [3.8, 4) is 11.7 Å². The molecule has 6 heteroatoms. The van der Waals surface area contributed by atoms with Crippen molar-refractivity contribution in [3.63, 3.8) is 0 Å². The molecule has 1 atom stereocenters. The van der Waals surface area contributed by atoms with Crippen molar-refractivity contribution in [2.45, 2.75) is 12.3 Å². The Balaban J connectivity index is 1.56. The maximum atomic E-state index is 12.2. The summed E-state index contributed by atoms with van der Waals surface area (Å²) < 4.78 is 10.4. The second kappa shape index (κ2) is 5.14. The first-order chi connectivity index (χ1) is 10.8. The number of para-hydroxylation sites is 1. The van der Waals surface area contributed by atoms with Gasteiger partial charge in [-0.15, -0.1) is 0 Å². The Hall–Kier alpha value is -2.89.